The fourth-order valence-corrected chi connectivity index (χ4v) is 2.46. The summed E-state index contributed by atoms with van der Waals surface area (Å²) < 4.78 is 1.00. The Hall–Kier alpha value is 0.245. The van der Waals surface area contributed by atoms with Gasteiger partial charge < -0.3 is 0 Å². The Morgan fingerprint density at radius 2 is 2.11 bits per heavy atom. The van der Waals surface area contributed by atoms with Crippen molar-refractivity contribution >= 4 is 14.7 Å². The van der Waals surface area contributed by atoms with Crippen LogP contribution in [0.2, 0.25) is 5.02 Å². The second-order valence-corrected chi connectivity index (χ2v) is 5.12. The molecule has 0 aromatic heterocycles. The number of benzene rings is 1. The fourth-order valence-electron chi connectivity index (χ4n) is 0.560. The van der Waals surface area contributed by atoms with Crippen molar-refractivity contribution in [3.05, 3.63) is 23.2 Å². The van der Waals surface area contributed by atoms with E-state index < -0.39 is 0 Å². The first-order chi connectivity index (χ1) is 4.22. The molecule has 0 spiro atoms. The molecule has 0 heterocycles. The van der Waals surface area contributed by atoms with Gasteiger partial charge >= 0.3 is 74.9 Å². The third-order valence-corrected chi connectivity index (χ3v) is 3.59. The van der Waals surface area contributed by atoms with Crippen molar-refractivity contribution in [1.29, 1.82) is 0 Å². The summed E-state index contributed by atoms with van der Waals surface area (Å²) >= 11 is 6.05. The maximum atomic E-state index is 9.12. The molecule has 1 rings (SSSR count). The van der Waals surface area contributed by atoms with Gasteiger partial charge in [-0.15, -0.1) is 0 Å². The molecule has 3 heteroatoms. The van der Waals surface area contributed by atoms with Crippen molar-refractivity contribution < 1.29 is 31.2 Å². The minimum absolute atomic E-state index is 0.266. The van der Waals surface area contributed by atoms with Crippen LogP contribution in [0.15, 0.2) is 18.2 Å². The third-order valence-electron chi connectivity index (χ3n) is 1.07. The molecule has 0 fully saturated rings. The molecule has 0 atom stereocenters. The molecule has 1 aromatic rings. The zero-order valence-electron chi connectivity index (χ0n) is 4.76. The second kappa shape index (κ2) is 2.89. The van der Waals surface area contributed by atoms with Crippen LogP contribution in [0.25, 0.3) is 0 Å². The summed E-state index contributed by atoms with van der Waals surface area (Å²) in [5.41, 5.74) is 0. The van der Waals surface area contributed by atoms with Crippen molar-refractivity contribution in [2.45, 2.75) is 0 Å². The van der Waals surface area contributed by atoms with Crippen molar-refractivity contribution in [2.75, 3.05) is 0 Å². The number of hydrogen-bond acceptors (Lipinski definition) is 1. The summed E-state index contributed by atoms with van der Waals surface area (Å²) in [7, 11) is 0. The third kappa shape index (κ3) is 1.58. The number of phenolic OH excluding ortho intramolecular Hbond substituents is 1. The Labute approximate surface area is 74.6 Å². The van der Waals surface area contributed by atoms with Gasteiger partial charge in [-0.05, 0) is 0 Å². The van der Waals surface area contributed by atoms with Crippen molar-refractivity contribution in [1.82, 2.24) is 0 Å². The van der Waals surface area contributed by atoms with E-state index >= 15 is 0 Å². The zero-order chi connectivity index (χ0) is 6.85. The Bertz CT molecular complexity index is 204. The molecule has 1 N–H and O–H groups in total. The molecule has 0 radical (unpaired) electrons. The predicted molar refractivity (Wildman–Crippen MR) is 32.8 cm³/mol. The number of aromatic hydroxyl groups is 1. The molecule has 0 bridgehead atoms. The van der Waals surface area contributed by atoms with Gasteiger partial charge in [0.05, 0.1) is 0 Å². The number of hydrogen-bond donors (Lipinski definition) is 1. The van der Waals surface area contributed by atoms with Gasteiger partial charge in [0.2, 0.25) is 0 Å². The molecule has 0 unspecified atom stereocenters. The number of halogens is 1. The van der Waals surface area contributed by atoms with Gasteiger partial charge in [0.25, 0.3) is 0 Å². The van der Waals surface area contributed by atoms with E-state index in [4.69, 9.17) is 16.7 Å². The van der Waals surface area contributed by atoms with Crippen LogP contribution >= 0.6 is 11.6 Å². The molecule has 0 saturated carbocycles. The van der Waals surface area contributed by atoms with E-state index in [1.165, 1.54) is 0 Å². The van der Waals surface area contributed by atoms with Gasteiger partial charge in [-0.25, -0.2) is 0 Å². The van der Waals surface area contributed by atoms with Crippen LogP contribution < -0.4 is 3.07 Å². The molecule has 0 aliphatic rings. The van der Waals surface area contributed by atoms with Crippen LogP contribution in [0.4, 0.5) is 0 Å². The van der Waals surface area contributed by atoms with Gasteiger partial charge in [-0.3, -0.25) is 0 Å². The van der Waals surface area contributed by atoms with Crippen LogP contribution in [0, 0.1) is 0 Å². The van der Waals surface area contributed by atoms with E-state index in [2.05, 4.69) is 0 Å². The molecule has 1 aromatic carbocycles. The van der Waals surface area contributed by atoms with E-state index in [9.17, 15) is 0 Å². The molecule has 0 aliphatic carbocycles. The molecule has 0 saturated heterocycles. The van der Waals surface area contributed by atoms with E-state index in [1.54, 1.807) is 6.07 Å². The Balaban J connectivity index is 3.25. The number of rotatable bonds is 0. The van der Waals surface area contributed by atoms with Gasteiger partial charge in [-0.1, -0.05) is 0 Å². The van der Waals surface area contributed by atoms with E-state index in [0.29, 0.717) is 31.1 Å². The normalized spacial score (nSPS) is 9.67. The Morgan fingerprint density at radius 3 is 2.56 bits per heavy atom. The van der Waals surface area contributed by atoms with Crippen LogP contribution in [0.1, 0.15) is 0 Å². The maximum absolute atomic E-state index is 9.12. The van der Waals surface area contributed by atoms with Crippen LogP contribution in [-0.2, 0) is 26.1 Å². The average molecular weight is 328 g/mol. The van der Waals surface area contributed by atoms with Gasteiger partial charge in [-0.2, -0.15) is 0 Å². The predicted octanol–water partition coefficient (Wildman–Crippen LogP) is 1.22. The fraction of sp³-hybridized carbons (Fsp3) is 0. The summed E-state index contributed by atoms with van der Waals surface area (Å²) in [6.07, 6.45) is 0. The summed E-state index contributed by atoms with van der Waals surface area (Å²) in [6.45, 7) is 0. The standard InChI is InChI=1S/C6H4ClO.Hg/c7-5-3-1-2-4-6(5)8;/h1-3,8H;. The summed E-state index contributed by atoms with van der Waals surface area (Å²) in [6, 6.07) is 5.43. The Morgan fingerprint density at radius 1 is 1.44 bits per heavy atom. The molecule has 0 aliphatic heterocycles. The van der Waals surface area contributed by atoms with Crippen LogP contribution in [-0.4, -0.2) is 5.11 Å². The first kappa shape index (κ1) is 7.35. The second-order valence-electron chi connectivity index (χ2n) is 1.75. The average Bonchev–Trinajstić information content (AvgIpc) is 1.83. The van der Waals surface area contributed by atoms with Crippen molar-refractivity contribution in [2.24, 2.45) is 0 Å². The summed E-state index contributed by atoms with van der Waals surface area (Å²) in [4.78, 5) is 0. The van der Waals surface area contributed by atoms with Gasteiger partial charge in [0, 0.05) is 0 Å². The summed E-state index contributed by atoms with van der Waals surface area (Å²) in [5, 5.41) is 9.58. The molecule has 1 nitrogen and oxygen atoms in total. The molecular weight excluding hydrogens is 324 g/mol. The van der Waals surface area contributed by atoms with Gasteiger partial charge in [0.1, 0.15) is 0 Å². The quantitative estimate of drug-likeness (QED) is 0.710. The van der Waals surface area contributed by atoms with Crippen LogP contribution in [0.5, 0.6) is 5.75 Å². The van der Waals surface area contributed by atoms with E-state index in [0.717, 1.165) is 3.07 Å². The van der Waals surface area contributed by atoms with E-state index in [1.807, 2.05) is 12.1 Å². The Kier molecular flexibility index (Phi) is 2.36. The van der Waals surface area contributed by atoms with Crippen LogP contribution in [0.3, 0.4) is 0 Å². The number of para-hydroxylation sites is 1. The first-order valence-electron chi connectivity index (χ1n) is 2.51. The molecule has 9 heavy (non-hydrogen) atoms. The summed E-state index contributed by atoms with van der Waals surface area (Å²) in [5.74, 6) is 0.266. The molecule has 0 amide bonds. The van der Waals surface area contributed by atoms with Crippen molar-refractivity contribution in [3.63, 3.8) is 0 Å². The number of phenols is 1. The first-order valence-corrected chi connectivity index (χ1v) is 5.64. The van der Waals surface area contributed by atoms with Gasteiger partial charge in [0.15, 0.2) is 0 Å². The van der Waals surface area contributed by atoms with Crippen molar-refractivity contribution in [3.8, 4) is 5.75 Å². The minimum atomic E-state index is 0.266. The molecular formula is C6H4ClHgO. The topological polar surface area (TPSA) is 20.2 Å². The molecule has 43 valence electrons. The van der Waals surface area contributed by atoms with E-state index in [-0.39, 0.29) is 5.75 Å². The monoisotopic (exact) mass is 329 g/mol. The SMILES string of the molecule is Oc1c(Cl)ccc[c]1[Hg]. The zero-order valence-corrected chi connectivity index (χ0v) is 11.0.